The lowest BCUT2D eigenvalue weighted by Crippen LogP contribution is -2.61. The Hall–Kier alpha value is -3.20. The van der Waals surface area contributed by atoms with Crippen LogP contribution < -0.4 is 11.2 Å². The summed E-state index contributed by atoms with van der Waals surface area (Å²) in [5, 5.41) is 5.41. The highest BCUT2D eigenvalue weighted by Gasteiger charge is 2.52. The zero-order chi connectivity index (χ0) is 24.0. The van der Waals surface area contributed by atoms with Crippen LogP contribution in [0.4, 0.5) is 0 Å². The number of aromatic nitrogens is 3. The second-order valence-electron chi connectivity index (χ2n) is 6.50. The Balaban J connectivity index is 2.49. The van der Waals surface area contributed by atoms with Gasteiger partial charge < -0.3 is 23.7 Å². The van der Waals surface area contributed by atoms with Crippen molar-refractivity contribution in [2.45, 2.75) is 62.6 Å². The molecule has 2 N–H and O–H groups in total. The van der Waals surface area contributed by atoms with Gasteiger partial charge in [-0.1, -0.05) is 11.8 Å². The molecule has 176 valence electrons. The number of ether oxygens (including phenoxy) is 5. The molecule has 0 spiro atoms. The third-order valence-corrected chi connectivity index (χ3v) is 4.97. The van der Waals surface area contributed by atoms with Crippen molar-refractivity contribution in [2.24, 2.45) is 0 Å². The normalized spacial score (nSPS) is 24.8. The molecular formula is C17H21N3O11S. The average molecular weight is 475 g/mol. The molecule has 5 atom stereocenters. The third-order valence-electron chi connectivity index (χ3n) is 3.86. The van der Waals surface area contributed by atoms with E-state index < -0.39 is 71.6 Å². The summed E-state index contributed by atoms with van der Waals surface area (Å²) in [6.07, 6.45) is -5.24. The largest absolute Gasteiger partial charge is 0.463 e. The summed E-state index contributed by atoms with van der Waals surface area (Å²) >= 11 is 0.643. The van der Waals surface area contributed by atoms with Crippen LogP contribution in [0.2, 0.25) is 0 Å². The first-order valence-electron chi connectivity index (χ1n) is 9.14. The molecule has 0 saturated carbocycles. The predicted octanol–water partition coefficient (Wildman–Crippen LogP) is -1.37. The van der Waals surface area contributed by atoms with E-state index in [0.717, 1.165) is 27.7 Å². The van der Waals surface area contributed by atoms with Crippen molar-refractivity contribution in [3.8, 4) is 0 Å². The molecule has 1 aliphatic heterocycles. The number of nitrogens with zero attached hydrogens (tertiary/aromatic N) is 1. The standard InChI is InChI=1S/C17H21N3O11S/c1-6(21)27-5-10-11(28-7(2)22)12(29-8(3)23)13(30-9(4)24)16(31-10)32-15-14(25)18-17(26)20-19-15/h10-13,16H,5H2,1-4H3,(H2,18,20,25,26)/t10-,11-,12-,13-,16-/m0/s1. The Morgan fingerprint density at radius 1 is 0.906 bits per heavy atom. The number of hydrogen-bond donors (Lipinski definition) is 2. The second-order valence-corrected chi connectivity index (χ2v) is 7.58. The second kappa shape index (κ2) is 10.9. The van der Waals surface area contributed by atoms with Gasteiger partial charge in [0.2, 0.25) is 0 Å². The summed E-state index contributed by atoms with van der Waals surface area (Å²) in [5.41, 5.74) is -2.94. The van der Waals surface area contributed by atoms with Crippen LogP contribution in [0.3, 0.4) is 0 Å². The Labute approximate surface area is 184 Å². The summed E-state index contributed by atoms with van der Waals surface area (Å²) in [7, 11) is 0. The number of carbonyl (C=O) groups excluding carboxylic acids is 4. The molecule has 0 aromatic carbocycles. The number of hydrogen-bond acceptors (Lipinski definition) is 13. The molecule has 1 aliphatic rings. The Morgan fingerprint density at radius 2 is 1.47 bits per heavy atom. The molecule has 14 nitrogen and oxygen atoms in total. The van der Waals surface area contributed by atoms with E-state index in [-0.39, 0.29) is 5.03 Å². The fourth-order valence-corrected chi connectivity index (χ4v) is 3.83. The van der Waals surface area contributed by atoms with Crippen molar-refractivity contribution in [2.75, 3.05) is 6.61 Å². The van der Waals surface area contributed by atoms with Crippen LogP contribution in [-0.2, 0) is 42.9 Å². The van der Waals surface area contributed by atoms with Crippen molar-refractivity contribution in [1.82, 2.24) is 15.2 Å². The number of H-pyrrole nitrogens is 2. The minimum absolute atomic E-state index is 0.259. The molecule has 0 aliphatic carbocycles. The fourth-order valence-electron chi connectivity index (χ4n) is 2.81. The highest BCUT2D eigenvalue weighted by atomic mass is 32.2. The molecule has 32 heavy (non-hydrogen) atoms. The molecule has 1 fully saturated rings. The van der Waals surface area contributed by atoms with E-state index in [1.54, 1.807) is 0 Å². The van der Waals surface area contributed by atoms with Crippen LogP contribution in [0.15, 0.2) is 14.6 Å². The van der Waals surface area contributed by atoms with Crippen LogP contribution >= 0.6 is 11.8 Å². The van der Waals surface area contributed by atoms with E-state index in [2.05, 4.69) is 5.10 Å². The first-order chi connectivity index (χ1) is 15.0. The average Bonchev–Trinajstić information content (AvgIpc) is 2.65. The van der Waals surface area contributed by atoms with Gasteiger partial charge in [-0.2, -0.15) is 5.10 Å². The van der Waals surface area contributed by atoms with Gasteiger partial charge in [0.05, 0.1) is 0 Å². The van der Waals surface area contributed by atoms with Crippen molar-refractivity contribution in [1.29, 1.82) is 0 Å². The van der Waals surface area contributed by atoms with Gasteiger partial charge in [-0.3, -0.25) is 29.0 Å². The van der Waals surface area contributed by atoms with Crippen LogP contribution in [0.25, 0.3) is 0 Å². The number of thioether (sulfide) groups is 1. The van der Waals surface area contributed by atoms with Crippen LogP contribution in [0.1, 0.15) is 27.7 Å². The van der Waals surface area contributed by atoms with Gasteiger partial charge >= 0.3 is 29.6 Å². The molecule has 15 heteroatoms. The summed E-state index contributed by atoms with van der Waals surface area (Å²) in [6.45, 7) is 4.00. The molecule has 0 amide bonds. The highest BCUT2D eigenvalue weighted by molar-refractivity contribution is 7.99. The Bertz CT molecular complexity index is 990. The van der Waals surface area contributed by atoms with Gasteiger partial charge in [0.1, 0.15) is 12.7 Å². The predicted molar refractivity (Wildman–Crippen MR) is 103 cm³/mol. The number of carbonyl (C=O) groups is 4. The molecule has 0 unspecified atom stereocenters. The lowest BCUT2D eigenvalue weighted by atomic mass is 9.99. The quantitative estimate of drug-likeness (QED) is 0.347. The van der Waals surface area contributed by atoms with Gasteiger partial charge in [0, 0.05) is 27.7 Å². The number of aromatic amines is 2. The van der Waals surface area contributed by atoms with Crippen LogP contribution in [-0.4, -0.2) is 75.5 Å². The van der Waals surface area contributed by atoms with E-state index in [1.165, 1.54) is 0 Å². The summed E-state index contributed by atoms with van der Waals surface area (Å²) in [6, 6.07) is 0. The van der Waals surface area contributed by atoms with E-state index >= 15 is 0 Å². The molecule has 1 aromatic rings. The monoisotopic (exact) mass is 475 g/mol. The minimum Gasteiger partial charge on any atom is -0.463 e. The van der Waals surface area contributed by atoms with Crippen LogP contribution in [0.5, 0.6) is 0 Å². The fraction of sp³-hybridized carbons (Fsp3) is 0.588. The van der Waals surface area contributed by atoms with E-state index in [4.69, 9.17) is 23.7 Å². The van der Waals surface area contributed by atoms with Crippen molar-refractivity contribution in [3.63, 3.8) is 0 Å². The molecule has 2 heterocycles. The first-order valence-corrected chi connectivity index (χ1v) is 10.0. The highest BCUT2D eigenvalue weighted by Crippen LogP contribution is 2.36. The van der Waals surface area contributed by atoms with Gasteiger partial charge in [-0.25, -0.2) is 9.89 Å². The number of nitrogens with one attached hydrogen (secondary N) is 2. The maximum absolute atomic E-state index is 12.1. The summed E-state index contributed by atoms with van der Waals surface area (Å²) < 4.78 is 26.6. The van der Waals surface area contributed by atoms with Gasteiger partial charge in [0.25, 0.3) is 5.56 Å². The van der Waals surface area contributed by atoms with Crippen LogP contribution in [0, 0.1) is 0 Å². The third kappa shape index (κ3) is 6.91. The Morgan fingerprint density at radius 3 is 2.00 bits per heavy atom. The lowest BCUT2D eigenvalue weighted by molar-refractivity contribution is -0.237. The zero-order valence-electron chi connectivity index (χ0n) is 17.4. The molecule has 0 bridgehead atoms. The molecule has 1 saturated heterocycles. The van der Waals surface area contributed by atoms with E-state index in [9.17, 15) is 28.8 Å². The minimum atomic E-state index is -1.38. The van der Waals surface area contributed by atoms with Gasteiger partial charge in [-0.05, 0) is 0 Å². The molecule has 2 rings (SSSR count). The lowest BCUT2D eigenvalue weighted by Gasteiger charge is -2.43. The maximum Gasteiger partial charge on any atom is 0.342 e. The topological polar surface area (TPSA) is 193 Å². The smallest absolute Gasteiger partial charge is 0.342 e. The van der Waals surface area contributed by atoms with Crippen molar-refractivity contribution in [3.05, 3.63) is 20.8 Å². The number of rotatable bonds is 7. The Kier molecular flexibility index (Phi) is 8.54. The number of esters is 4. The van der Waals surface area contributed by atoms with Gasteiger partial charge in [-0.15, -0.1) is 0 Å². The van der Waals surface area contributed by atoms with Crippen molar-refractivity contribution < 1.29 is 42.9 Å². The maximum atomic E-state index is 12.1. The molecular weight excluding hydrogens is 454 g/mol. The van der Waals surface area contributed by atoms with Crippen molar-refractivity contribution >= 4 is 35.6 Å². The SMILES string of the molecule is CC(=O)OC[C@@H]1O[C@@H](Sc2n[nH]c(=O)[nH]c2=O)[C@@H](OC(C)=O)[C@@H](OC(C)=O)[C@H]1OC(C)=O. The van der Waals surface area contributed by atoms with E-state index in [1.807, 2.05) is 10.1 Å². The molecule has 0 radical (unpaired) electrons. The summed E-state index contributed by atoms with van der Waals surface area (Å²) in [5.74, 6) is -3.01. The first kappa shape index (κ1) is 25.1. The zero-order valence-corrected chi connectivity index (χ0v) is 18.3. The summed E-state index contributed by atoms with van der Waals surface area (Å²) in [4.78, 5) is 71.7. The van der Waals surface area contributed by atoms with E-state index in [0.29, 0.717) is 11.8 Å². The molecule has 1 aromatic heterocycles. The van der Waals surface area contributed by atoms with Gasteiger partial charge in [0.15, 0.2) is 28.8 Å².